The molecule has 0 saturated heterocycles. The molecule has 1 saturated carbocycles. The quantitative estimate of drug-likeness (QED) is 0.801. The van der Waals surface area contributed by atoms with Gasteiger partial charge in [-0.05, 0) is 25.0 Å². The molecule has 0 atom stereocenters. The number of hydrogen-bond acceptors (Lipinski definition) is 6. The maximum Gasteiger partial charge on any atom is 0.356 e. The first kappa shape index (κ1) is 15.6. The molecule has 1 aliphatic rings. The molecule has 0 aromatic carbocycles. The lowest BCUT2D eigenvalue weighted by Gasteiger charge is -2.35. The van der Waals surface area contributed by atoms with Crippen LogP contribution in [0.1, 0.15) is 42.6 Å². The van der Waals surface area contributed by atoms with E-state index in [1.165, 1.54) is 26.4 Å². The number of rotatable bonds is 5. The summed E-state index contributed by atoms with van der Waals surface area (Å²) in [6.07, 6.45) is 5.70. The number of ether oxygens (including phenoxy) is 1. The van der Waals surface area contributed by atoms with Crippen molar-refractivity contribution in [3.63, 3.8) is 0 Å². The van der Waals surface area contributed by atoms with Gasteiger partial charge in [0.1, 0.15) is 0 Å². The molecule has 0 unspecified atom stereocenters. The van der Waals surface area contributed by atoms with Gasteiger partial charge >= 0.3 is 5.97 Å². The summed E-state index contributed by atoms with van der Waals surface area (Å²) in [4.78, 5) is 18.0. The molecule has 1 aliphatic carbocycles. The van der Waals surface area contributed by atoms with Crippen LogP contribution in [0.3, 0.4) is 0 Å². The van der Waals surface area contributed by atoms with Gasteiger partial charge in [0.15, 0.2) is 11.5 Å². The predicted molar refractivity (Wildman–Crippen MR) is 81.3 cm³/mol. The summed E-state index contributed by atoms with van der Waals surface area (Å²) in [6.45, 7) is 0.493. The molecular formula is C15H23N3O3. The third-order valence-corrected chi connectivity index (χ3v) is 3.93. The van der Waals surface area contributed by atoms with Crippen molar-refractivity contribution >= 4 is 17.5 Å². The molecule has 0 radical (unpaired) electrons. The minimum Gasteiger partial charge on any atom is -0.464 e. The maximum atomic E-state index is 11.6. The third kappa shape index (κ3) is 3.64. The standard InChI is InChI=1S/C15H23N3O3/c1-21-15(20)13-8-7-12(16)14(17-13)18(9-10-19)11-5-3-2-4-6-11/h7-8,11,19H,2-6,9-10,16H2,1H3. The molecule has 6 nitrogen and oxygen atoms in total. The van der Waals surface area contributed by atoms with Crippen LogP contribution in [-0.2, 0) is 4.74 Å². The number of pyridine rings is 1. The van der Waals surface area contributed by atoms with Crippen LogP contribution in [-0.4, -0.2) is 42.4 Å². The zero-order chi connectivity index (χ0) is 15.2. The lowest BCUT2D eigenvalue weighted by atomic mass is 9.94. The SMILES string of the molecule is COC(=O)c1ccc(N)c(N(CCO)C2CCCCC2)n1. The normalized spacial score (nSPS) is 15.7. The molecule has 2 rings (SSSR count). The Hall–Kier alpha value is -1.82. The summed E-state index contributed by atoms with van der Waals surface area (Å²) >= 11 is 0. The molecule has 116 valence electrons. The van der Waals surface area contributed by atoms with Crippen molar-refractivity contribution in [1.29, 1.82) is 0 Å². The Bertz CT molecular complexity index is 487. The van der Waals surface area contributed by atoms with Gasteiger partial charge in [-0.25, -0.2) is 9.78 Å². The number of aromatic nitrogens is 1. The van der Waals surface area contributed by atoms with Gasteiger partial charge in [-0.15, -0.1) is 0 Å². The molecule has 0 spiro atoms. The van der Waals surface area contributed by atoms with Gasteiger partial charge in [-0.1, -0.05) is 19.3 Å². The Labute approximate surface area is 124 Å². The van der Waals surface area contributed by atoms with E-state index in [-0.39, 0.29) is 12.3 Å². The van der Waals surface area contributed by atoms with Crippen molar-refractivity contribution in [2.75, 3.05) is 30.9 Å². The summed E-state index contributed by atoms with van der Waals surface area (Å²) in [5.41, 5.74) is 6.78. The van der Waals surface area contributed by atoms with E-state index in [4.69, 9.17) is 10.5 Å². The van der Waals surface area contributed by atoms with Crippen LogP contribution in [0.5, 0.6) is 0 Å². The van der Waals surface area contributed by atoms with E-state index in [0.29, 0.717) is 24.1 Å². The van der Waals surface area contributed by atoms with Crippen molar-refractivity contribution in [1.82, 2.24) is 4.98 Å². The van der Waals surface area contributed by atoms with E-state index in [1.807, 2.05) is 4.90 Å². The highest BCUT2D eigenvalue weighted by atomic mass is 16.5. The van der Waals surface area contributed by atoms with Gasteiger partial charge < -0.3 is 20.5 Å². The number of carbonyl (C=O) groups is 1. The average molecular weight is 293 g/mol. The van der Waals surface area contributed by atoms with E-state index in [9.17, 15) is 9.90 Å². The number of aliphatic hydroxyl groups excluding tert-OH is 1. The van der Waals surface area contributed by atoms with Crippen molar-refractivity contribution in [3.05, 3.63) is 17.8 Å². The van der Waals surface area contributed by atoms with Crippen LogP contribution in [0.25, 0.3) is 0 Å². The molecule has 21 heavy (non-hydrogen) atoms. The second-order valence-electron chi connectivity index (χ2n) is 5.31. The Morgan fingerprint density at radius 1 is 1.43 bits per heavy atom. The van der Waals surface area contributed by atoms with E-state index >= 15 is 0 Å². The summed E-state index contributed by atoms with van der Waals surface area (Å²) < 4.78 is 4.71. The Balaban J connectivity index is 2.31. The number of nitrogen functional groups attached to an aromatic ring is 1. The molecule has 6 heteroatoms. The van der Waals surface area contributed by atoms with Crippen molar-refractivity contribution in [3.8, 4) is 0 Å². The number of carbonyl (C=O) groups excluding carboxylic acids is 1. The minimum absolute atomic E-state index is 0.0278. The van der Waals surface area contributed by atoms with Crippen LogP contribution in [0, 0.1) is 0 Å². The molecule has 0 amide bonds. The third-order valence-electron chi connectivity index (χ3n) is 3.93. The van der Waals surface area contributed by atoms with Crippen molar-refractivity contribution in [2.24, 2.45) is 0 Å². The van der Waals surface area contributed by atoms with Gasteiger partial charge in [0, 0.05) is 12.6 Å². The Morgan fingerprint density at radius 3 is 2.76 bits per heavy atom. The van der Waals surface area contributed by atoms with Crippen LogP contribution < -0.4 is 10.6 Å². The smallest absolute Gasteiger partial charge is 0.356 e. The van der Waals surface area contributed by atoms with Gasteiger partial charge in [0.2, 0.25) is 0 Å². The first-order chi connectivity index (χ1) is 10.2. The zero-order valence-corrected chi connectivity index (χ0v) is 12.4. The van der Waals surface area contributed by atoms with Crippen molar-refractivity contribution in [2.45, 2.75) is 38.1 Å². The molecule has 1 aromatic rings. The highest BCUT2D eigenvalue weighted by Gasteiger charge is 2.24. The molecule has 0 aliphatic heterocycles. The minimum atomic E-state index is -0.483. The van der Waals surface area contributed by atoms with Gasteiger partial charge in [-0.3, -0.25) is 0 Å². The Kier molecular flexibility index (Phi) is 5.38. The number of nitrogens with two attached hydrogens (primary N) is 1. The van der Waals surface area contributed by atoms with Gasteiger partial charge in [0.05, 0.1) is 19.4 Å². The zero-order valence-electron chi connectivity index (χ0n) is 12.4. The summed E-state index contributed by atoms with van der Waals surface area (Å²) in [5.74, 6) is 0.0858. The highest BCUT2D eigenvalue weighted by molar-refractivity contribution is 5.88. The monoisotopic (exact) mass is 293 g/mol. The number of aliphatic hydroxyl groups is 1. The van der Waals surface area contributed by atoms with E-state index in [2.05, 4.69) is 4.98 Å². The van der Waals surface area contributed by atoms with E-state index in [1.54, 1.807) is 12.1 Å². The predicted octanol–water partition coefficient (Wildman–Crippen LogP) is 1.58. The lowest BCUT2D eigenvalue weighted by Crippen LogP contribution is -2.40. The number of nitrogens with zero attached hydrogens (tertiary/aromatic N) is 2. The van der Waals surface area contributed by atoms with Gasteiger partial charge in [0.25, 0.3) is 0 Å². The summed E-state index contributed by atoms with van der Waals surface area (Å²) in [5, 5.41) is 9.34. The highest BCUT2D eigenvalue weighted by Crippen LogP contribution is 2.29. The topological polar surface area (TPSA) is 88.7 Å². The molecule has 0 bridgehead atoms. The van der Waals surface area contributed by atoms with E-state index < -0.39 is 5.97 Å². The number of hydrogen-bond donors (Lipinski definition) is 2. The Morgan fingerprint density at radius 2 is 2.14 bits per heavy atom. The average Bonchev–Trinajstić information content (AvgIpc) is 2.53. The fourth-order valence-corrected chi connectivity index (χ4v) is 2.87. The van der Waals surface area contributed by atoms with Crippen LogP contribution in [0.2, 0.25) is 0 Å². The second kappa shape index (κ2) is 7.26. The first-order valence-corrected chi connectivity index (χ1v) is 7.39. The largest absolute Gasteiger partial charge is 0.464 e. The fraction of sp³-hybridized carbons (Fsp3) is 0.600. The molecular weight excluding hydrogens is 270 g/mol. The molecule has 3 N–H and O–H groups in total. The summed E-state index contributed by atoms with van der Waals surface area (Å²) in [6, 6.07) is 3.54. The lowest BCUT2D eigenvalue weighted by molar-refractivity contribution is 0.0594. The molecule has 1 fully saturated rings. The van der Waals surface area contributed by atoms with E-state index in [0.717, 1.165) is 12.8 Å². The van der Waals surface area contributed by atoms with Crippen LogP contribution in [0.4, 0.5) is 11.5 Å². The maximum absolute atomic E-state index is 11.6. The van der Waals surface area contributed by atoms with Gasteiger partial charge in [-0.2, -0.15) is 0 Å². The number of methoxy groups -OCH3 is 1. The number of anilines is 2. The number of esters is 1. The fourth-order valence-electron chi connectivity index (χ4n) is 2.87. The molecule has 1 heterocycles. The molecule has 1 aromatic heterocycles. The van der Waals surface area contributed by atoms with Crippen molar-refractivity contribution < 1.29 is 14.6 Å². The van der Waals surface area contributed by atoms with Crippen LogP contribution in [0.15, 0.2) is 12.1 Å². The first-order valence-electron chi connectivity index (χ1n) is 7.39. The summed E-state index contributed by atoms with van der Waals surface area (Å²) in [7, 11) is 1.33. The second-order valence-corrected chi connectivity index (χ2v) is 5.31. The van der Waals surface area contributed by atoms with Crippen LogP contribution >= 0.6 is 0 Å².